The van der Waals surface area contributed by atoms with Gasteiger partial charge < -0.3 is 9.13 Å². The van der Waals surface area contributed by atoms with Crippen molar-refractivity contribution in [3.63, 3.8) is 0 Å². The Kier molecular flexibility index (Phi) is 11.8. The Hall–Kier alpha value is -8.57. The molecule has 0 bridgehead atoms. The van der Waals surface area contributed by atoms with E-state index in [9.17, 15) is 52.7 Å². The number of nitriles is 5. The van der Waals surface area contributed by atoms with Gasteiger partial charge in [-0.25, -0.2) is 0 Å². The molecule has 8 aromatic rings. The molecule has 2 heterocycles. The molecule has 0 spiro atoms. The van der Waals surface area contributed by atoms with Crippen LogP contribution in [0.4, 0.5) is 26.3 Å². The summed E-state index contributed by atoms with van der Waals surface area (Å²) in [4.78, 5) is 0. The summed E-state index contributed by atoms with van der Waals surface area (Å²) in [6.45, 7) is 10.5. The van der Waals surface area contributed by atoms with Crippen LogP contribution in [0.1, 0.15) is 52.8 Å². The first kappa shape index (κ1) is 43.0. The molecule has 0 aliphatic rings. The number of halogens is 6. The maximum absolute atomic E-state index is 14.7. The molecule has 8 rings (SSSR count). The maximum Gasteiger partial charge on any atom is 0.417 e. The average molecular weight is 830 g/mol. The summed E-state index contributed by atoms with van der Waals surface area (Å²) in [6, 6.07) is 33.5. The summed E-state index contributed by atoms with van der Waals surface area (Å²) in [6.07, 6.45) is -6.85. The van der Waals surface area contributed by atoms with Crippen molar-refractivity contribution >= 4 is 43.6 Å². The topological polar surface area (TPSA) is 129 Å². The van der Waals surface area contributed by atoms with Crippen molar-refractivity contribution in [1.82, 2.24) is 9.13 Å². The highest BCUT2D eigenvalue weighted by Crippen LogP contribution is 2.45. The number of allylic oxidation sites excluding steroid dienone is 2. The van der Waals surface area contributed by atoms with Gasteiger partial charge in [0.05, 0.1) is 103 Å². The van der Waals surface area contributed by atoms with E-state index < -0.39 is 29.0 Å². The lowest BCUT2D eigenvalue weighted by Crippen LogP contribution is -2.13. The van der Waals surface area contributed by atoms with Crippen molar-refractivity contribution in [2.24, 2.45) is 0 Å². The van der Waals surface area contributed by atoms with E-state index >= 15 is 0 Å². The Morgan fingerprint density at radius 3 is 1.11 bits per heavy atom. The van der Waals surface area contributed by atoms with E-state index in [4.69, 9.17) is 0 Å². The summed E-state index contributed by atoms with van der Waals surface area (Å²) in [5, 5.41) is 51.7. The highest BCUT2D eigenvalue weighted by molar-refractivity contribution is 6.12. The van der Waals surface area contributed by atoms with E-state index in [1.807, 2.05) is 19.9 Å². The predicted octanol–water partition coefficient (Wildman–Crippen LogP) is 13.3. The van der Waals surface area contributed by atoms with Gasteiger partial charge in [0.1, 0.15) is 0 Å². The third-order valence-corrected chi connectivity index (χ3v) is 9.71. The molecule has 13 heteroatoms. The minimum Gasteiger partial charge on any atom is -0.307 e. The molecule has 7 nitrogen and oxygen atoms in total. The van der Waals surface area contributed by atoms with Gasteiger partial charge in [-0.15, -0.1) is 13.2 Å². The van der Waals surface area contributed by atoms with Crippen LogP contribution in [0.3, 0.4) is 0 Å². The van der Waals surface area contributed by atoms with Crippen LogP contribution >= 0.6 is 0 Å². The fourth-order valence-electron chi connectivity index (χ4n) is 7.28. The lowest BCUT2D eigenvalue weighted by molar-refractivity contribution is -0.142. The van der Waals surface area contributed by atoms with Crippen LogP contribution in [-0.2, 0) is 12.4 Å². The van der Waals surface area contributed by atoms with E-state index in [0.717, 1.165) is 0 Å². The fourth-order valence-corrected chi connectivity index (χ4v) is 7.28. The Balaban J connectivity index is 0.00000101. The van der Waals surface area contributed by atoms with Crippen LogP contribution in [0.2, 0.25) is 0 Å². The third-order valence-electron chi connectivity index (χ3n) is 9.71. The smallest absolute Gasteiger partial charge is 0.307 e. The number of aromatic nitrogens is 2. The Morgan fingerprint density at radius 2 is 0.806 bits per heavy atom. The van der Waals surface area contributed by atoms with E-state index in [1.165, 1.54) is 24.3 Å². The highest BCUT2D eigenvalue weighted by Gasteiger charge is 2.39. The molecule has 6 aromatic carbocycles. The molecule has 0 aliphatic heterocycles. The molecule has 0 atom stereocenters. The number of benzene rings is 6. The van der Waals surface area contributed by atoms with Gasteiger partial charge in [0, 0.05) is 27.1 Å². The minimum absolute atomic E-state index is 0.0177. The molecule has 2 aromatic heterocycles. The first-order valence-corrected chi connectivity index (χ1v) is 18.4. The van der Waals surface area contributed by atoms with Gasteiger partial charge in [0.15, 0.2) is 0 Å². The molecular formula is C49H29F6N7. The number of alkyl halides is 6. The number of rotatable bonds is 3. The summed E-state index contributed by atoms with van der Waals surface area (Å²) in [5.74, 6) is 0. The second-order valence-electron chi connectivity index (χ2n) is 13.6. The summed E-state index contributed by atoms with van der Waals surface area (Å²) in [5.41, 5.74) is -0.928. The summed E-state index contributed by atoms with van der Waals surface area (Å²) in [7, 11) is 0. The first-order valence-electron chi connectivity index (χ1n) is 18.4. The standard InChI is InChI=1S/C43H17F6N7.2C3H6/c44-42(45,46)28-5-6-29(35(16-28)43(47,48)49)30-17-41(56-38-9-3-25(20-52)13-33(38)34-14-26(21-53)4-10-39(34)56)40(15-27(30)22-54)55-36-7-1-23(18-50)11-31(36)32-12-24(19-51)2-8-37(32)55;2*1-3-2/h1-17H;2*3H,1H2,2H3. The highest BCUT2D eigenvalue weighted by atomic mass is 19.4. The van der Waals surface area contributed by atoms with Crippen LogP contribution in [0.25, 0.3) is 66.1 Å². The van der Waals surface area contributed by atoms with E-state index in [1.54, 1.807) is 81.9 Å². The molecule has 62 heavy (non-hydrogen) atoms. The third kappa shape index (κ3) is 7.69. The molecular weight excluding hydrogens is 801 g/mol. The first-order chi connectivity index (χ1) is 29.6. The van der Waals surface area contributed by atoms with E-state index in [-0.39, 0.29) is 39.7 Å². The van der Waals surface area contributed by atoms with E-state index in [0.29, 0.717) is 66.9 Å². The minimum atomic E-state index is -5.26. The average Bonchev–Trinajstić information content (AvgIpc) is 3.76. The number of hydrogen-bond donors (Lipinski definition) is 0. The van der Waals surface area contributed by atoms with Gasteiger partial charge in [0.2, 0.25) is 0 Å². The van der Waals surface area contributed by atoms with Crippen LogP contribution in [0, 0.1) is 56.7 Å². The quantitative estimate of drug-likeness (QED) is 0.129. The number of hydrogen-bond acceptors (Lipinski definition) is 5. The van der Waals surface area contributed by atoms with Crippen LogP contribution in [-0.4, -0.2) is 9.13 Å². The number of fused-ring (bicyclic) bond motifs is 6. The summed E-state index contributed by atoms with van der Waals surface area (Å²) < 4.78 is 88.7. The number of nitrogens with zero attached hydrogens (tertiary/aromatic N) is 7. The zero-order chi connectivity index (χ0) is 45.1. The van der Waals surface area contributed by atoms with Gasteiger partial charge in [0.25, 0.3) is 0 Å². The second-order valence-corrected chi connectivity index (χ2v) is 13.6. The molecule has 0 N–H and O–H groups in total. The second kappa shape index (κ2) is 17.0. The lowest BCUT2D eigenvalue weighted by atomic mass is 9.92. The zero-order valence-corrected chi connectivity index (χ0v) is 32.8. The van der Waals surface area contributed by atoms with Gasteiger partial charge in [-0.3, -0.25) is 0 Å². The molecule has 0 saturated carbocycles. The van der Waals surface area contributed by atoms with Gasteiger partial charge in [-0.1, -0.05) is 18.2 Å². The SMILES string of the molecule is C=CC.C=CC.N#Cc1ccc2c(c1)c1cc(C#N)ccc1n2-c1cc(C#N)c(-c2ccc(C(F)(F)F)cc2C(F)(F)F)cc1-n1c2ccc(C#N)cc2c2cc(C#N)ccc21. The summed E-state index contributed by atoms with van der Waals surface area (Å²) >= 11 is 0. The van der Waals surface area contributed by atoms with Crippen molar-refractivity contribution in [2.45, 2.75) is 26.2 Å². The molecule has 0 fully saturated rings. The Morgan fingerprint density at radius 1 is 0.452 bits per heavy atom. The van der Waals surface area contributed by atoms with Crippen molar-refractivity contribution in [3.05, 3.63) is 167 Å². The van der Waals surface area contributed by atoms with Crippen molar-refractivity contribution < 1.29 is 26.3 Å². The Labute approximate surface area is 351 Å². The molecule has 0 aliphatic carbocycles. The van der Waals surface area contributed by atoms with Gasteiger partial charge >= 0.3 is 12.4 Å². The van der Waals surface area contributed by atoms with Crippen molar-refractivity contribution in [3.8, 4) is 52.8 Å². The van der Waals surface area contributed by atoms with Crippen molar-refractivity contribution in [1.29, 1.82) is 26.3 Å². The van der Waals surface area contributed by atoms with Gasteiger partial charge in [-0.05, 0) is 116 Å². The molecule has 0 unspecified atom stereocenters. The predicted molar refractivity (Wildman–Crippen MR) is 226 cm³/mol. The Bertz CT molecular complexity index is 3200. The van der Waals surface area contributed by atoms with Crippen LogP contribution < -0.4 is 0 Å². The monoisotopic (exact) mass is 829 g/mol. The maximum atomic E-state index is 14.7. The normalized spacial score (nSPS) is 11.0. The zero-order valence-electron chi connectivity index (χ0n) is 32.8. The van der Waals surface area contributed by atoms with Gasteiger partial charge in [-0.2, -0.15) is 52.7 Å². The van der Waals surface area contributed by atoms with Crippen LogP contribution in [0.5, 0.6) is 0 Å². The lowest BCUT2D eigenvalue weighted by Gasteiger charge is -2.21. The fraction of sp³-hybridized carbons (Fsp3) is 0.0816. The van der Waals surface area contributed by atoms with Crippen LogP contribution in [0.15, 0.2) is 128 Å². The molecule has 302 valence electrons. The largest absolute Gasteiger partial charge is 0.417 e. The molecule has 0 amide bonds. The van der Waals surface area contributed by atoms with Crippen molar-refractivity contribution in [2.75, 3.05) is 0 Å². The molecule has 0 radical (unpaired) electrons. The van der Waals surface area contributed by atoms with E-state index in [2.05, 4.69) is 37.4 Å². The molecule has 0 saturated heterocycles.